The van der Waals surface area contributed by atoms with E-state index in [2.05, 4.69) is 5.32 Å². The molecule has 0 saturated carbocycles. The van der Waals surface area contributed by atoms with Gasteiger partial charge in [-0.1, -0.05) is 38.4 Å². The van der Waals surface area contributed by atoms with Crippen LogP contribution in [0.25, 0.3) is 0 Å². The number of aryl methyl sites for hydroxylation is 1. The predicted octanol–water partition coefficient (Wildman–Crippen LogP) is 3.24. The molecule has 0 aliphatic heterocycles. The Morgan fingerprint density at radius 1 is 1.45 bits per heavy atom. The average Bonchev–Trinajstić information content (AvgIpc) is 2.69. The molecule has 1 unspecified atom stereocenters. The van der Waals surface area contributed by atoms with Crippen LogP contribution in [0.2, 0.25) is 5.02 Å². The van der Waals surface area contributed by atoms with Crippen molar-refractivity contribution in [1.82, 2.24) is 5.32 Å². The number of amides is 1. The van der Waals surface area contributed by atoms with Gasteiger partial charge in [0.05, 0.1) is 12.1 Å². The fourth-order valence-corrected chi connectivity index (χ4v) is 2.59. The summed E-state index contributed by atoms with van der Waals surface area (Å²) in [5.41, 5.74) is 8.14. The number of benzene rings is 1. The summed E-state index contributed by atoms with van der Waals surface area (Å²) in [7, 11) is 0. The Hall–Kier alpha value is -0.770. The van der Waals surface area contributed by atoms with Crippen molar-refractivity contribution in [3.05, 3.63) is 34.3 Å². The van der Waals surface area contributed by atoms with Crippen LogP contribution in [0.1, 0.15) is 44.4 Å². The van der Waals surface area contributed by atoms with Crippen LogP contribution in [0.4, 0.5) is 0 Å². The van der Waals surface area contributed by atoms with E-state index < -0.39 is 6.04 Å². The van der Waals surface area contributed by atoms with Crippen molar-refractivity contribution in [1.29, 1.82) is 0 Å². The van der Waals surface area contributed by atoms with Gasteiger partial charge in [-0.05, 0) is 41.5 Å². The normalized spacial score (nSPS) is 18.9. The zero-order valence-corrected chi connectivity index (χ0v) is 13.6. The van der Waals surface area contributed by atoms with Gasteiger partial charge in [0.25, 0.3) is 0 Å². The Balaban J connectivity index is 0.00000200. The van der Waals surface area contributed by atoms with E-state index in [4.69, 9.17) is 17.3 Å². The molecular weight excluding hydrogens is 295 g/mol. The summed E-state index contributed by atoms with van der Waals surface area (Å²) >= 11 is 5.98. The standard InChI is InChI=1S/C15H21ClN2O.ClH/c1-15(2,3)13(17)14(19)18-12-7-4-9-8-10(16)5-6-11(9)12;/h5-6,8,12-13H,4,7,17H2,1-3H3,(H,18,19);1H/t12?,13-;/m1./s1. The lowest BCUT2D eigenvalue weighted by molar-refractivity contribution is -0.125. The molecule has 1 aromatic rings. The van der Waals surface area contributed by atoms with Gasteiger partial charge in [-0.2, -0.15) is 0 Å². The van der Waals surface area contributed by atoms with E-state index in [1.54, 1.807) is 0 Å². The molecule has 3 N–H and O–H groups in total. The third kappa shape index (κ3) is 3.66. The topological polar surface area (TPSA) is 55.1 Å². The van der Waals surface area contributed by atoms with Crippen LogP contribution in [0.5, 0.6) is 0 Å². The smallest absolute Gasteiger partial charge is 0.237 e. The van der Waals surface area contributed by atoms with Gasteiger partial charge in [0.2, 0.25) is 5.91 Å². The van der Waals surface area contributed by atoms with E-state index in [9.17, 15) is 4.79 Å². The van der Waals surface area contributed by atoms with Gasteiger partial charge in [0.15, 0.2) is 0 Å². The maximum absolute atomic E-state index is 12.2. The van der Waals surface area contributed by atoms with Gasteiger partial charge in [-0.15, -0.1) is 12.4 Å². The number of halogens is 2. The lowest BCUT2D eigenvalue weighted by Gasteiger charge is -2.27. The Kier molecular flexibility index (Phi) is 5.47. The summed E-state index contributed by atoms with van der Waals surface area (Å²) in [4.78, 5) is 12.2. The van der Waals surface area contributed by atoms with E-state index in [-0.39, 0.29) is 29.8 Å². The van der Waals surface area contributed by atoms with Gasteiger partial charge in [-0.25, -0.2) is 0 Å². The summed E-state index contributed by atoms with van der Waals surface area (Å²) in [6.45, 7) is 5.92. The third-order valence-electron chi connectivity index (χ3n) is 3.71. The highest BCUT2D eigenvalue weighted by molar-refractivity contribution is 6.30. The molecule has 0 heterocycles. The van der Waals surface area contributed by atoms with Crippen molar-refractivity contribution in [2.45, 2.75) is 45.7 Å². The molecular formula is C15H22Cl2N2O. The number of hydrogen-bond acceptors (Lipinski definition) is 2. The van der Waals surface area contributed by atoms with Crippen LogP contribution in [-0.4, -0.2) is 11.9 Å². The van der Waals surface area contributed by atoms with Crippen molar-refractivity contribution in [2.75, 3.05) is 0 Å². The summed E-state index contributed by atoms with van der Waals surface area (Å²) in [6.07, 6.45) is 1.86. The molecule has 1 aliphatic carbocycles. The molecule has 0 spiro atoms. The molecule has 2 rings (SSSR count). The maximum atomic E-state index is 12.2. The molecule has 1 aliphatic rings. The molecule has 0 fully saturated rings. The van der Waals surface area contributed by atoms with Crippen LogP contribution in [-0.2, 0) is 11.2 Å². The van der Waals surface area contributed by atoms with Gasteiger partial charge >= 0.3 is 0 Å². The second-order valence-corrected chi connectivity index (χ2v) is 6.72. The largest absolute Gasteiger partial charge is 0.348 e. The first-order valence-electron chi connectivity index (χ1n) is 6.63. The van der Waals surface area contributed by atoms with Crippen molar-refractivity contribution < 1.29 is 4.79 Å². The zero-order valence-electron chi connectivity index (χ0n) is 12.1. The summed E-state index contributed by atoms with van der Waals surface area (Å²) < 4.78 is 0. The number of nitrogens with two attached hydrogens (primary N) is 1. The highest BCUT2D eigenvalue weighted by Gasteiger charge is 2.31. The van der Waals surface area contributed by atoms with E-state index in [1.165, 1.54) is 11.1 Å². The predicted molar refractivity (Wildman–Crippen MR) is 85.3 cm³/mol. The average molecular weight is 317 g/mol. The van der Waals surface area contributed by atoms with E-state index in [0.29, 0.717) is 0 Å². The number of carbonyl (C=O) groups excluding carboxylic acids is 1. The number of carbonyl (C=O) groups is 1. The third-order valence-corrected chi connectivity index (χ3v) is 3.95. The molecule has 0 bridgehead atoms. The Labute approximate surface area is 131 Å². The molecule has 1 aromatic carbocycles. The maximum Gasteiger partial charge on any atom is 0.237 e. The zero-order chi connectivity index (χ0) is 14.2. The molecule has 2 atom stereocenters. The van der Waals surface area contributed by atoms with Crippen molar-refractivity contribution in [3.8, 4) is 0 Å². The molecule has 0 saturated heterocycles. The molecule has 112 valence electrons. The molecule has 0 aromatic heterocycles. The summed E-state index contributed by atoms with van der Waals surface area (Å²) in [6, 6.07) is 5.41. The first kappa shape index (κ1) is 17.3. The Morgan fingerprint density at radius 2 is 2.10 bits per heavy atom. The SMILES string of the molecule is CC(C)(C)[C@H](N)C(=O)NC1CCc2cc(Cl)ccc21.Cl. The molecule has 20 heavy (non-hydrogen) atoms. The lowest BCUT2D eigenvalue weighted by Crippen LogP contribution is -2.49. The number of hydrogen-bond donors (Lipinski definition) is 2. The minimum atomic E-state index is -0.496. The Morgan fingerprint density at radius 3 is 2.70 bits per heavy atom. The molecule has 1 amide bonds. The van der Waals surface area contributed by atoms with Gasteiger partial charge < -0.3 is 11.1 Å². The summed E-state index contributed by atoms with van der Waals surface area (Å²) in [5, 5.41) is 3.80. The first-order chi connectivity index (χ1) is 8.79. The summed E-state index contributed by atoms with van der Waals surface area (Å²) in [5.74, 6) is -0.0831. The molecule has 0 radical (unpaired) electrons. The van der Waals surface area contributed by atoms with Gasteiger partial charge in [0, 0.05) is 5.02 Å². The molecule has 3 nitrogen and oxygen atoms in total. The minimum Gasteiger partial charge on any atom is -0.348 e. The van der Waals surface area contributed by atoms with Crippen LogP contribution >= 0.6 is 24.0 Å². The minimum absolute atomic E-state index is 0. The van der Waals surface area contributed by atoms with E-state index in [0.717, 1.165) is 17.9 Å². The Bertz CT molecular complexity index is 497. The van der Waals surface area contributed by atoms with Crippen LogP contribution in [0.15, 0.2) is 18.2 Å². The highest BCUT2D eigenvalue weighted by atomic mass is 35.5. The number of fused-ring (bicyclic) bond motifs is 1. The monoisotopic (exact) mass is 316 g/mol. The van der Waals surface area contributed by atoms with Crippen LogP contribution in [0.3, 0.4) is 0 Å². The second-order valence-electron chi connectivity index (χ2n) is 6.29. The van der Waals surface area contributed by atoms with Gasteiger partial charge in [-0.3, -0.25) is 4.79 Å². The van der Waals surface area contributed by atoms with Crippen molar-refractivity contribution in [3.63, 3.8) is 0 Å². The second kappa shape index (κ2) is 6.33. The van der Waals surface area contributed by atoms with Gasteiger partial charge in [0.1, 0.15) is 0 Å². The van der Waals surface area contributed by atoms with E-state index in [1.807, 2.05) is 39.0 Å². The van der Waals surface area contributed by atoms with Crippen molar-refractivity contribution >= 4 is 29.9 Å². The van der Waals surface area contributed by atoms with Crippen molar-refractivity contribution in [2.24, 2.45) is 11.1 Å². The van der Waals surface area contributed by atoms with Crippen LogP contribution < -0.4 is 11.1 Å². The highest BCUT2D eigenvalue weighted by Crippen LogP contribution is 2.33. The quantitative estimate of drug-likeness (QED) is 0.880. The number of nitrogens with one attached hydrogen (secondary N) is 1. The van der Waals surface area contributed by atoms with E-state index >= 15 is 0 Å². The number of rotatable bonds is 2. The fraction of sp³-hybridized carbons (Fsp3) is 0.533. The lowest BCUT2D eigenvalue weighted by atomic mass is 9.86. The molecule has 5 heteroatoms. The first-order valence-corrected chi connectivity index (χ1v) is 7.01. The fourth-order valence-electron chi connectivity index (χ4n) is 2.39. The van der Waals surface area contributed by atoms with Crippen LogP contribution in [0, 0.1) is 5.41 Å².